The number of hydrogen-bond donors (Lipinski definition) is 2. The van der Waals surface area contributed by atoms with Gasteiger partial charge in [0.2, 0.25) is 5.91 Å². The van der Waals surface area contributed by atoms with Crippen molar-refractivity contribution in [1.29, 1.82) is 0 Å². The number of esters is 1. The summed E-state index contributed by atoms with van der Waals surface area (Å²) >= 11 is 0. The lowest BCUT2D eigenvalue weighted by Crippen LogP contribution is -2.41. The van der Waals surface area contributed by atoms with Crippen LogP contribution in [0.4, 0.5) is 10.1 Å². The van der Waals surface area contributed by atoms with E-state index in [0.29, 0.717) is 40.5 Å². The van der Waals surface area contributed by atoms with Crippen molar-refractivity contribution in [2.24, 2.45) is 0 Å². The molecule has 0 radical (unpaired) electrons. The number of benzene rings is 4. The zero-order chi connectivity index (χ0) is 34.3. The number of ketones is 1. The van der Waals surface area contributed by atoms with Crippen molar-refractivity contribution in [2.45, 2.75) is 64.8 Å². The Hall–Kier alpha value is -5.31. The number of ether oxygens (including phenoxy) is 2. The van der Waals surface area contributed by atoms with Gasteiger partial charge < -0.3 is 20.1 Å². The van der Waals surface area contributed by atoms with Crippen LogP contribution in [0.2, 0.25) is 0 Å². The predicted octanol–water partition coefficient (Wildman–Crippen LogP) is 7.51. The molecule has 0 bridgehead atoms. The van der Waals surface area contributed by atoms with E-state index in [-0.39, 0.29) is 24.5 Å². The molecule has 8 nitrogen and oxygen atoms in total. The van der Waals surface area contributed by atoms with Crippen LogP contribution in [0.25, 0.3) is 0 Å². The van der Waals surface area contributed by atoms with Crippen molar-refractivity contribution in [3.8, 4) is 11.5 Å². The Balaban J connectivity index is 1.24. The molecule has 4 rings (SSSR count). The Morgan fingerprint density at radius 1 is 0.750 bits per heavy atom. The third-order valence-corrected chi connectivity index (χ3v) is 7.66. The van der Waals surface area contributed by atoms with Crippen LogP contribution in [-0.4, -0.2) is 36.2 Å². The minimum absolute atomic E-state index is 0.00667. The lowest BCUT2D eigenvalue weighted by atomic mass is 10.0. The van der Waals surface area contributed by atoms with Gasteiger partial charge in [0.15, 0.2) is 5.78 Å². The summed E-state index contributed by atoms with van der Waals surface area (Å²) in [4.78, 5) is 50.3. The van der Waals surface area contributed by atoms with Gasteiger partial charge in [0.1, 0.15) is 17.3 Å². The summed E-state index contributed by atoms with van der Waals surface area (Å²) < 4.78 is 24.7. The molecule has 4 aromatic carbocycles. The summed E-state index contributed by atoms with van der Waals surface area (Å²) in [6.45, 7) is 4.23. The number of halogens is 1. The van der Waals surface area contributed by atoms with E-state index in [4.69, 9.17) is 9.47 Å². The first kappa shape index (κ1) is 35.5. The highest BCUT2D eigenvalue weighted by Gasteiger charge is 2.19. The molecule has 9 heteroatoms. The van der Waals surface area contributed by atoms with E-state index in [1.54, 1.807) is 84.9 Å². The summed E-state index contributed by atoms with van der Waals surface area (Å²) in [5.41, 5.74) is 2.50. The quantitative estimate of drug-likeness (QED) is 0.0694. The molecular weight excluding hydrogens is 611 g/mol. The lowest BCUT2D eigenvalue weighted by Gasteiger charge is -2.17. The maximum Gasteiger partial charge on any atom is 0.343 e. The van der Waals surface area contributed by atoms with Gasteiger partial charge in [-0.2, -0.15) is 0 Å². The average Bonchev–Trinajstić information content (AvgIpc) is 3.07. The summed E-state index contributed by atoms with van der Waals surface area (Å²) in [5, 5.41) is 5.49. The smallest absolute Gasteiger partial charge is 0.343 e. The highest BCUT2D eigenvalue weighted by Crippen LogP contribution is 2.19. The Kier molecular flexibility index (Phi) is 13.4. The van der Waals surface area contributed by atoms with Crippen molar-refractivity contribution in [3.63, 3.8) is 0 Å². The van der Waals surface area contributed by atoms with E-state index in [2.05, 4.69) is 17.6 Å². The number of carbonyl (C=O) groups excluding carboxylic acids is 4. The van der Waals surface area contributed by atoms with Gasteiger partial charge >= 0.3 is 5.97 Å². The van der Waals surface area contributed by atoms with Crippen molar-refractivity contribution < 1.29 is 33.0 Å². The fraction of sp³-hybridized carbons (Fsp3) is 0.282. The van der Waals surface area contributed by atoms with Gasteiger partial charge in [0, 0.05) is 11.3 Å². The fourth-order valence-corrected chi connectivity index (χ4v) is 4.96. The zero-order valence-corrected chi connectivity index (χ0v) is 27.3. The van der Waals surface area contributed by atoms with Crippen LogP contribution >= 0.6 is 0 Å². The molecular formula is C39H41FN2O6. The van der Waals surface area contributed by atoms with E-state index in [0.717, 1.165) is 18.4 Å². The third kappa shape index (κ3) is 11.5. The molecule has 0 unspecified atom stereocenters. The highest BCUT2D eigenvalue weighted by molar-refractivity contribution is 5.98. The van der Waals surface area contributed by atoms with Gasteiger partial charge in [-0.05, 0) is 104 Å². The summed E-state index contributed by atoms with van der Waals surface area (Å²) in [6, 6.07) is 24.9. The SMILES string of the molecule is CCCCCCCOc1ccc(C(=O)Oc2ccc(C[C@H](NC(=O)c3ccc(NC(=O)Cc4cccc(F)c4)cc3)C(C)=O)cc2)cc1. The molecule has 0 aliphatic rings. The van der Waals surface area contributed by atoms with Crippen LogP contribution in [0.3, 0.4) is 0 Å². The Bertz CT molecular complexity index is 1670. The van der Waals surface area contributed by atoms with E-state index in [1.165, 1.54) is 38.3 Å². The molecule has 250 valence electrons. The topological polar surface area (TPSA) is 111 Å². The Morgan fingerprint density at radius 3 is 2.08 bits per heavy atom. The van der Waals surface area contributed by atoms with Crippen LogP contribution in [0, 0.1) is 5.82 Å². The van der Waals surface area contributed by atoms with E-state index in [9.17, 15) is 23.6 Å². The van der Waals surface area contributed by atoms with Gasteiger partial charge in [-0.15, -0.1) is 0 Å². The van der Waals surface area contributed by atoms with Crippen LogP contribution in [0.1, 0.15) is 77.8 Å². The number of unbranched alkanes of at least 4 members (excludes halogenated alkanes) is 4. The minimum Gasteiger partial charge on any atom is -0.494 e. The van der Waals surface area contributed by atoms with Crippen LogP contribution in [-0.2, 0) is 22.4 Å². The second-order valence-corrected chi connectivity index (χ2v) is 11.6. The van der Waals surface area contributed by atoms with E-state index >= 15 is 0 Å². The molecule has 2 N–H and O–H groups in total. The maximum absolute atomic E-state index is 13.4. The monoisotopic (exact) mass is 652 g/mol. The van der Waals surface area contributed by atoms with Crippen LogP contribution in [0.15, 0.2) is 97.1 Å². The number of carbonyl (C=O) groups is 4. The zero-order valence-electron chi connectivity index (χ0n) is 27.3. The normalized spacial score (nSPS) is 11.3. The molecule has 4 aromatic rings. The van der Waals surface area contributed by atoms with Gasteiger partial charge in [-0.3, -0.25) is 14.4 Å². The molecule has 1 atom stereocenters. The lowest BCUT2D eigenvalue weighted by molar-refractivity contribution is -0.119. The van der Waals surface area contributed by atoms with Crippen LogP contribution < -0.4 is 20.1 Å². The molecule has 0 aliphatic carbocycles. The van der Waals surface area contributed by atoms with Gasteiger partial charge in [-0.25, -0.2) is 9.18 Å². The largest absolute Gasteiger partial charge is 0.494 e. The fourth-order valence-electron chi connectivity index (χ4n) is 4.96. The molecule has 0 heterocycles. The van der Waals surface area contributed by atoms with Gasteiger partial charge in [0.05, 0.1) is 24.6 Å². The van der Waals surface area contributed by atoms with Gasteiger partial charge in [-0.1, -0.05) is 56.9 Å². The minimum atomic E-state index is -0.784. The first-order valence-corrected chi connectivity index (χ1v) is 16.2. The van der Waals surface area contributed by atoms with Gasteiger partial charge in [0.25, 0.3) is 5.91 Å². The number of Topliss-reactive ketones (excluding diaryl/α,β-unsaturated/α-hetero) is 1. The second kappa shape index (κ2) is 18.1. The standard InChI is InChI=1S/C39H41FN2O6/c1-3-4-5-6-7-23-47-34-21-15-31(16-22-34)39(46)48-35-19-11-28(12-20-35)25-36(27(2)43)42-38(45)30-13-17-33(18-14-30)41-37(44)26-29-9-8-10-32(40)24-29/h8-22,24,36H,3-7,23,25-26H2,1-2H3,(H,41,44)(H,42,45)/t36-/m0/s1. The molecule has 2 amide bonds. The summed E-state index contributed by atoms with van der Waals surface area (Å²) in [5.74, 6) is -0.839. The number of nitrogens with one attached hydrogen (secondary N) is 2. The molecule has 0 aromatic heterocycles. The van der Waals surface area contributed by atoms with Crippen molar-refractivity contribution >= 4 is 29.3 Å². The molecule has 0 spiro atoms. The Labute approximate surface area is 280 Å². The molecule has 48 heavy (non-hydrogen) atoms. The number of rotatable bonds is 17. The van der Waals surface area contributed by atoms with E-state index < -0.39 is 23.7 Å². The van der Waals surface area contributed by atoms with Crippen molar-refractivity contribution in [2.75, 3.05) is 11.9 Å². The first-order chi connectivity index (χ1) is 23.2. The number of hydrogen-bond acceptors (Lipinski definition) is 6. The first-order valence-electron chi connectivity index (χ1n) is 16.2. The summed E-state index contributed by atoms with van der Waals surface area (Å²) in [7, 11) is 0. The Morgan fingerprint density at radius 2 is 1.42 bits per heavy atom. The van der Waals surface area contributed by atoms with Crippen molar-refractivity contribution in [3.05, 3.63) is 125 Å². The molecule has 0 fully saturated rings. The molecule has 0 saturated carbocycles. The molecule has 0 aliphatic heterocycles. The number of anilines is 1. The van der Waals surface area contributed by atoms with Crippen LogP contribution in [0.5, 0.6) is 11.5 Å². The maximum atomic E-state index is 13.4. The summed E-state index contributed by atoms with van der Waals surface area (Å²) in [6.07, 6.45) is 6.03. The third-order valence-electron chi connectivity index (χ3n) is 7.66. The van der Waals surface area contributed by atoms with Crippen molar-refractivity contribution in [1.82, 2.24) is 5.32 Å². The van der Waals surface area contributed by atoms with E-state index in [1.807, 2.05) is 0 Å². The number of amides is 2. The highest BCUT2D eigenvalue weighted by atomic mass is 19.1. The predicted molar refractivity (Wildman–Crippen MR) is 183 cm³/mol. The average molecular weight is 653 g/mol. The second-order valence-electron chi connectivity index (χ2n) is 11.6. The molecule has 0 saturated heterocycles.